The Bertz CT molecular complexity index is 321. The van der Waals surface area contributed by atoms with E-state index < -0.39 is 17.4 Å². The highest BCUT2D eigenvalue weighted by Gasteiger charge is 2.27. The first-order valence-corrected chi connectivity index (χ1v) is 5.07. The van der Waals surface area contributed by atoms with E-state index in [0.29, 0.717) is 0 Å². The molecule has 5 nitrogen and oxygen atoms in total. The zero-order chi connectivity index (χ0) is 13.5. The summed E-state index contributed by atoms with van der Waals surface area (Å²) in [4.78, 5) is 22.0. The third kappa shape index (κ3) is 5.87. The maximum absolute atomic E-state index is 11.2. The Kier molecular flexibility index (Phi) is 6.20. The molecule has 1 unspecified atom stereocenters. The molecule has 96 valence electrons. The number of carbonyl (C=O) groups excluding carboxylic acids is 2. The molecule has 0 aliphatic rings. The van der Waals surface area contributed by atoms with Crippen molar-refractivity contribution in [3.63, 3.8) is 0 Å². The lowest BCUT2D eigenvalue weighted by Gasteiger charge is -2.25. The molecule has 0 saturated carbocycles. The van der Waals surface area contributed by atoms with Gasteiger partial charge in [0.15, 0.2) is 0 Å². The van der Waals surface area contributed by atoms with Crippen molar-refractivity contribution in [3.8, 4) is 0 Å². The van der Waals surface area contributed by atoms with E-state index in [9.17, 15) is 14.7 Å². The highest BCUT2D eigenvalue weighted by Crippen LogP contribution is 2.17. The Morgan fingerprint density at radius 3 is 2.29 bits per heavy atom. The average Bonchev–Trinajstić information content (AvgIpc) is 2.32. The fraction of sp³-hybridized carbons (Fsp3) is 0.500. The molecule has 1 atom stereocenters. The van der Waals surface area contributed by atoms with Crippen LogP contribution in [-0.2, 0) is 19.1 Å². The smallest absolute Gasteiger partial charge is 0.333 e. The molecule has 1 N–H and O–H groups in total. The van der Waals surface area contributed by atoms with Crippen LogP contribution >= 0.6 is 0 Å². The van der Waals surface area contributed by atoms with Gasteiger partial charge < -0.3 is 14.6 Å². The van der Waals surface area contributed by atoms with Crippen molar-refractivity contribution in [2.75, 3.05) is 19.8 Å². The Labute approximate surface area is 101 Å². The molecule has 0 aliphatic heterocycles. The summed E-state index contributed by atoms with van der Waals surface area (Å²) in [5.41, 5.74) is -0.558. The van der Waals surface area contributed by atoms with Crippen LogP contribution in [0.25, 0.3) is 0 Å². The molecule has 0 fully saturated rings. The Balaban J connectivity index is 4.27. The van der Waals surface area contributed by atoms with Crippen molar-refractivity contribution in [2.45, 2.75) is 13.8 Å². The second-order valence-corrected chi connectivity index (χ2v) is 4.14. The predicted octanol–water partition coefficient (Wildman–Crippen LogP) is 0.833. The second-order valence-electron chi connectivity index (χ2n) is 4.14. The van der Waals surface area contributed by atoms with E-state index in [4.69, 9.17) is 9.47 Å². The minimum atomic E-state index is -0.830. The SMILES string of the molecule is C=CC(=O)OCC(C)(CO)COC(=O)C(=C)C. The summed E-state index contributed by atoms with van der Waals surface area (Å²) in [6, 6.07) is 0. The van der Waals surface area contributed by atoms with Crippen LogP contribution in [0, 0.1) is 5.41 Å². The van der Waals surface area contributed by atoms with Gasteiger partial charge in [-0.25, -0.2) is 9.59 Å². The van der Waals surface area contributed by atoms with Crippen molar-refractivity contribution in [1.82, 2.24) is 0 Å². The number of aliphatic hydroxyl groups is 1. The van der Waals surface area contributed by atoms with Gasteiger partial charge in [0.2, 0.25) is 0 Å². The normalized spacial score (nSPS) is 13.4. The molecule has 17 heavy (non-hydrogen) atoms. The maximum Gasteiger partial charge on any atom is 0.333 e. The molecule has 0 aliphatic carbocycles. The van der Waals surface area contributed by atoms with Gasteiger partial charge in [0.05, 0.1) is 12.0 Å². The average molecular weight is 242 g/mol. The molecule has 0 radical (unpaired) electrons. The Morgan fingerprint density at radius 2 is 1.88 bits per heavy atom. The Hall–Kier alpha value is -1.62. The summed E-state index contributed by atoms with van der Waals surface area (Å²) >= 11 is 0. The molecule has 0 spiro atoms. The standard InChI is InChI=1S/C12H18O5/c1-5-10(14)16-7-12(4,6-13)8-17-11(15)9(2)3/h5,13H,1-2,6-8H2,3-4H3. The molecular formula is C12H18O5. The lowest BCUT2D eigenvalue weighted by molar-refractivity contribution is -0.149. The first kappa shape index (κ1) is 15.4. The van der Waals surface area contributed by atoms with E-state index in [1.165, 1.54) is 6.92 Å². The molecule has 0 heterocycles. The van der Waals surface area contributed by atoms with Crippen molar-refractivity contribution in [3.05, 3.63) is 24.8 Å². The summed E-state index contributed by atoms with van der Waals surface area (Å²) in [5, 5.41) is 9.19. The second kappa shape index (κ2) is 6.85. The molecule has 0 rings (SSSR count). The molecule has 0 aromatic carbocycles. The van der Waals surface area contributed by atoms with Crippen LogP contribution in [0.5, 0.6) is 0 Å². The molecule has 0 aromatic rings. The number of carbonyl (C=O) groups is 2. The van der Waals surface area contributed by atoms with Crippen LogP contribution in [0.1, 0.15) is 13.8 Å². The third-order valence-electron chi connectivity index (χ3n) is 2.01. The van der Waals surface area contributed by atoms with Gasteiger partial charge in [-0.3, -0.25) is 0 Å². The van der Waals surface area contributed by atoms with Crippen molar-refractivity contribution < 1.29 is 24.2 Å². The summed E-state index contributed by atoms with van der Waals surface area (Å²) in [6.07, 6.45) is 1.03. The van der Waals surface area contributed by atoms with E-state index in [1.807, 2.05) is 0 Å². The lowest BCUT2D eigenvalue weighted by atomic mass is 9.94. The van der Waals surface area contributed by atoms with Crippen LogP contribution in [0.3, 0.4) is 0 Å². The van der Waals surface area contributed by atoms with Crippen molar-refractivity contribution >= 4 is 11.9 Å². The summed E-state index contributed by atoms with van der Waals surface area (Å²) in [6.45, 7) is 9.45. The number of aliphatic hydroxyl groups excluding tert-OH is 1. The van der Waals surface area contributed by atoms with Gasteiger partial charge in [-0.2, -0.15) is 0 Å². The monoisotopic (exact) mass is 242 g/mol. The van der Waals surface area contributed by atoms with Gasteiger partial charge in [0.1, 0.15) is 13.2 Å². The van der Waals surface area contributed by atoms with E-state index in [1.54, 1.807) is 6.92 Å². The molecule has 0 saturated heterocycles. The van der Waals surface area contributed by atoms with Crippen molar-refractivity contribution in [2.24, 2.45) is 5.41 Å². The summed E-state index contributed by atoms with van der Waals surface area (Å²) in [5.74, 6) is -1.13. The molecule has 5 heteroatoms. The van der Waals surface area contributed by atoms with Gasteiger partial charge in [0, 0.05) is 11.6 Å². The first-order chi connectivity index (χ1) is 7.84. The van der Waals surface area contributed by atoms with E-state index in [0.717, 1.165) is 6.08 Å². The summed E-state index contributed by atoms with van der Waals surface area (Å²) < 4.78 is 9.72. The van der Waals surface area contributed by atoms with Crippen molar-refractivity contribution in [1.29, 1.82) is 0 Å². The molecule has 0 amide bonds. The van der Waals surface area contributed by atoms with Crippen LogP contribution in [0.15, 0.2) is 24.8 Å². The lowest BCUT2D eigenvalue weighted by Crippen LogP contribution is -2.34. The minimum Gasteiger partial charge on any atom is -0.462 e. The van der Waals surface area contributed by atoms with Gasteiger partial charge in [-0.05, 0) is 6.92 Å². The highest BCUT2D eigenvalue weighted by atomic mass is 16.5. The van der Waals surface area contributed by atoms with E-state index >= 15 is 0 Å². The van der Waals surface area contributed by atoms with Crippen LogP contribution in [-0.4, -0.2) is 36.9 Å². The number of hydrogen-bond acceptors (Lipinski definition) is 5. The van der Waals surface area contributed by atoms with Gasteiger partial charge >= 0.3 is 11.9 Å². The highest BCUT2D eigenvalue weighted by molar-refractivity contribution is 5.86. The zero-order valence-corrected chi connectivity index (χ0v) is 10.2. The predicted molar refractivity (Wildman–Crippen MR) is 62.1 cm³/mol. The van der Waals surface area contributed by atoms with Gasteiger partial charge in [-0.1, -0.05) is 20.1 Å². The van der Waals surface area contributed by atoms with Crippen LogP contribution in [0.4, 0.5) is 0 Å². The largest absolute Gasteiger partial charge is 0.462 e. The number of ether oxygens (including phenoxy) is 2. The third-order valence-corrected chi connectivity index (χ3v) is 2.01. The van der Waals surface area contributed by atoms with E-state index in [2.05, 4.69) is 13.2 Å². The zero-order valence-electron chi connectivity index (χ0n) is 10.2. The van der Waals surface area contributed by atoms with Crippen LogP contribution in [0.2, 0.25) is 0 Å². The van der Waals surface area contributed by atoms with Crippen LogP contribution < -0.4 is 0 Å². The van der Waals surface area contributed by atoms with Gasteiger partial charge in [0.25, 0.3) is 0 Å². The summed E-state index contributed by atoms with van der Waals surface area (Å²) in [7, 11) is 0. The topological polar surface area (TPSA) is 72.8 Å². The number of rotatable bonds is 7. The van der Waals surface area contributed by atoms with Gasteiger partial charge in [-0.15, -0.1) is 0 Å². The Morgan fingerprint density at radius 1 is 1.35 bits per heavy atom. The van der Waals surface area contributed by atoms with E-state index in [-0.39, 0.29) is 25.4 Å². The number of hydrogen-bond donors (Lipinski definition) is 1. The fourth-order valence-corrected chi connectivity index (χ4v) is 0.800. The first-order valence-electron chi connectivity index (χ1n) is 5.07. The number of esters is 2. The quantitative estimate of drug-likeness (QED) is 0.529. The molecule has 0 bridgehead atoms. The maximum atomic E-state index is 11.2. The molecule has 0 aromatic heterocycles. The minimum absolute atomic E-state index is 0.0559. The fourth-order valence-electron chi connectivity index (χ4n) is 0.800. The molecular weight excluding hydrogens is 224 g/mol.